The number of piperazine rings is 1. The molecule has 38 heavy (non-hydrogen) atoms. The van der Waals surface area contributed by atoms with Crippen LogP contribution in [-0.2, 0) is 35.0 Å². The number of H-pyrrole nitrogens is 2. The molecule has 1 fully saturated rings. The summed E-state index contributed by atoms with van der Waals surface area (Å²) in [6.45, 7) is -1.07. The summed E-state index contributed by atoms with van der Waals surface area (Å²) in [5, 5.41) is 8.72. The lowest BCUT2D eigenvalue weighted by Gasteiger charge is -2.41. The summed E-state index contributed by atoms with van der Waals surface area (Å²) in [7, 11) is 0. The van der Waals surface area contributed by atoms with E-state index in [0.29, 0.717) is 17.7 Å². The number of benzene rings is 2. The minimum atomic E-state index is -5.01. The van der Waals surface area contributed by atoms with Crippen LogP contribution in [0.25, 0.3) is 0 Å². The van der Waals surface area contributed by atoms with Crippen LogP contribution in [0.4, 0.5) is 30.7 Å². The maximum atomic E-state index is 13.6. The fourth-order valence-corrected chi connectivity index (χ4v) is 4.24. The van der Waals surface area contributed by atoms with E-state index in [0.717, 1.165) is 0 Å². The first-order chi connectivity index (χ1) is 17.8. The number of ether oxygens (including phenoxy) is 1. The highest BCUT2D eigenvalue weighted by molar-refractivity contribution is 5.79. The first-order valence-electron chi connectivity index (χ1n) is 11.1. The Balaban J connectivity index is 1.57. The van der Waals surface area contributed by atoms with Crippen LogP contribution in [0, 0.1) is 5.82 Å². The molecule has 1 aliphatic rings. The fraction of sp³-hybridized carbons (Fsp3) is 0.348. The van der Waals surface area contributed by atoms with Gasteiger partial charge in [0.15, 0.2) is 0 Å². The molecule has 0 radical (unpaired) electrons. The van der Waals surface area contributed by atoms with E-state index in [1.807, 2.05) is 0 Å². The van der Waals surface area contributed by atoms with Gasteiger partial charge in [0.05, 0.1) is 49.5 Å². The number of alkyl halides is 6. The Morgan fingerprint density at radius 3 is 2.16 bits per heavy atom. The summed E-state index contributed by atoms with van der Waals surface area (Å²) >= 11 is 0. The van der Waals surface area contributed by atoms with Gasteiger partial charge in [-0.05, 0) is 41.5 Å². The Bertz CT molecular complexity index is 1300. The molecule has 0 unspecified atom stereocenters. The topological polar surface area (TPSA) is 103 Å². The highest BCUT2D eigenvalue weighted by Gasteiger charge is 2.38. The van der Waals surface area contributed by atoms with Gasteiger partial charge in [-0.3, -0.25) is 14.7 Å². The molecule has 3 aromatic rings. The molecule has 1 aromatic heterocycles. The van der Waals surface area contributed by atoms with Crippen molar-refractivity contribution in [3.05, 3.63) is 86.8 Å². The number of aromatic nitrogens is 3. The molecule has 1 amide bonds. The lowest BCUT2D eigenvalue weighted by molar-refractivity contribution is -0.143. The highest BCUT2D eigenvalue weighted by atomic mass is 19.4. The van der Waals surface area contributed by atoms with Crippen molar-refractivity contribution < 1.29 is 40.3 Å². The predicted molar refractivity (Wildman–Crippen MR) is 117 cm³/mol. The number of hydrogen-bond acceptors (Lipinski definition) is 5. The zero-order valence-electron chi connectivity index (χ0n) is 19.3. The number of carbonyl (C=O) groups is 1. The number of carbonyl (C=O) groups excluding carboxylic acids is 1. The zero-order valence-corrected chi connectivity index (χ0v) is 19.3. The van der Waals surface area contributed by atoms with Gasteiger partial charge in [-0.25, -0.2) is 14.3 Å². The number of aromatic amines is 2. The summed E-state index contributed by atoms with van der Waals surface area (Å²) in [5.41, 5.74) is -3.34. The fourth-order valence-electron chi connectivity index (χ4n) is 4.24. The van der Waals surface area contributed by atoms with Gasteiger partial charge in [0, 0.05) is 0 Å². The van der Waals surface area contributed by atoms with E-state index >= 15 is 0 Å². The van der Waals surface area contributed by atoms with Crippen molar-refractivity contribution in [1.82, 2.24) is 25.4 Å². The van der Waals surface area contributed by atoms with Crippen LogP contribution >= 0.6 is 0 Å². The normalized spacial score (nSPS) is 19.0. The van der Waals surface area contributed by atoms with Gasteiger partial charge < -0.3 is 10.1 Å². The first-order valence-corrected chi connectivity index (χ1v) is 11.1. The summed E-state index contributed by atoms with van der Waals surface area (Å²) in [5.74, 6) is -0.761. The third-order valence-electron chi connectivity index (χ3n) is 5.80. The van der Waals surface area contributed by atoms with Crippen molar-refractivity contribution in [2.75, 3.05) is 13.2 Å². The SMILES string of the molecule is O=C1CN(Cc2n[nH]c(=O)[nH]2)[C@@H](c2ccc(F)cc2)[C@@H](COCc2cc(C(F)(F)F)cc(C(F)(F)F)c2)N1. The van der Waals surface area contributed by atoms with Gasteiger partial charge in [-0.2, -0.15) is 31.4 Å². The lowest BCUT2D eigenvalue weighted by atomic mass is 9.95. The van der Waals surface area contributed by atoms with Gasteiger partial charge in [0.25, 0.3) is 0 Å². The predicted octanol–water partition coefficient (Wildman–Crippen LogP) is 3.53. The Kier molecular flexibility index (Phi) is 7.60. The van der Waals surface area contributed by atoms with Crippen LogP contribution in [-0.4, -0.2) is 45.2 Å². The van der Waals surface area contributed by atoms with Crippen LogP contribution in [0.15, 0.2) is 47.3 Å². The molecule has 0 aliphatic carbocycles. The van der Waals surface area contributed by atoms with Gasteiger partial charge in [0.2, 0.25) is 5.91 Å². The van der Waals surface area contributed by atoms with Crippen LogP contribution in [0.1, 0.15) is 34.1 Å². The number of rotatable bonds is 7. The highest BCUT2D eigenvalue weighted by Crippen LogP contribution is 2.36. The van der Waals surface area contributed by atoms with Crippen LogP contribution in [0.2, 0.25) is 0 Å². The van der Waals surface area contributed by atoms with Crippen LogP contribution < -0.4 is 11.0 Å². The number of amides is 1. The van der Waals surface area contributed by atoms with Crippen molar-refractivity contribution in [2.45, 2.75) is 37.6 Å². The van der Waals surface area contributed by atoms with E-state index < -0.39 is 59.6 Å². The minimum Gasteiger partial charge on any atom is -0.375 e. The van der Waals surface area contributed by atoms with Crippen molar-refractivity contribution in [2.24, 2.45) is 0 Å². The molecule has 4 rings (SSSR count). The van der Waals surface area contributed by atoms with Crippen molar-refractivity contribution >= 4 is 5.91 Å². The van der Waals surface area contributed by atoms with Crippen LogP contribution in [0.5, 0.6) is 0 Å². The third-order valence-corrected chi connectivity index (χ3v) is 5.80. The monoisotopic (exact) mass is 547 g/mol. The van der Waals surface area contributed by atoms with Crippen molar-refractivity contribution in [3.63, 3.8) is 0 Å². The number of nitrogens with zero attached hydrogens (tertiary/aromatic N) is 2. The zero-order chi connectivity index (χ0) is 27.7. The van der Waals surface area contributed by atoms with E-state index in [1.54, 1.807) is 4.90 Å². The van der Waals surface area contributed by atoms with Crippen molar-refractivity contribution in [3.8, 4) is 0 Å². The lowest BCUT2D eigenvalue weighted by Crippen LogP contribution is -2.57. The molecule has 0 saturated carbocycles. The van der Waals surface area contributed by atoms with Gasteiger partial charge in [0.1, 0.15) is 11.6 Å². The summed E-state index contributed by atoms with van der Waals surface area (Å²) < 4.78 is 98.0. The molecule has 204 valence electrons. The number of halogens is 7. The molecule has 2 atom stereocenters. The molecular weight excluding hydrogens is 527 g/mol. The Labute approximate surface area is 209 Å². The molecule has 15 heteroatoms. The molecule has 1 aliphatic heterocycles. The summed E-state index contributed by atoms with van der Waals surface area (Å²) in [4.78, 5) is 27.9. The quantitative estimate of drug-likeness (QED) is 0.393. The van der Waals surface area contributed by atoms with E-state index in [9.17, 15) is 40.3 Å². The number of nitrogens with one attached hydrogen (secondary N) is 3. The van der Waals surface area contributed by atoms with Gasteiger partial charge in [-0.15, -0.1) is 0 Å². The van der Waals surface area contributed by atoms with Crippen molar-refractivity contribution in [1.29, 1.82) is 0 Å². The maximum absolute atomic E-state index is 13.6. The molecule has 2 heterocycles. The van der Waals surface area contributed by atoms with Gasteiger partial charge in [-0.1, -0.05) is 12.1 Å². The number of hydrogen-bond donors (Lipinski definition) is 3. The molecule has 1 saturated heterocycles. The third kappa shape index (κ3) is 6.58. The average molecular weight is 547 g/mol. The Hall–Kier alpha value is -3.72. The Morgan fingerprint density at radius 1 is 0.974 bits per heavy atom. The van der Waals surface area contributed by atoms with Gasteiger partial charge >= 0.3 is 18.0 Å². The van der Waals surface area contributed by atoms with E-state index in [4.69, 9.17) is 4.74 Å². The molecule has 8 nitrogen and oxygen atoms in total. The smallest absolute Gasteiger partial charge is 0.375 e. The average Bonchev–Trinajstić information content (AvgIpc) is 3.23. The molecular formula is C23H20F7N5O3. The minimum absolute atomic E-state index is 0.00667. The molecule has 0 spiro atoms. The maximum Gasteiger partial charge on any atom is 0.416 e. The second-order valence-electron chi connectivity index (χ2n) is 8.63. The second kappa shape index (κ2) is 10.6. The summed E-state index contributed by atoms with van der Waals surface area (Å²) in [6.07, 6.45) is -10.0. The summed E-state index contributed by atoms with van der Waals surface area (Å²) in [6, 6.07) is 4.96. The van der Waals surface area contributed by atoms with Crippen LogP contribution in [0.3, 0.4) is 0 Å². The molecule has 2 aromatic carbocycles. The van der Waals surface area contributed by atoms with E-state index in [1.165, 1.54) is 24.3 Å². The standard InChI is InChI=1S/C23H20F7N5O3/c24-16-3-1-13(2-4-16)20-17(31-19(36)9-35(20)8-18-32-21(37)34-33-18)11-38-10-12-5-14(22(25,26)27)7-15(6-12)23(28,29)30/h1-7,17,20H,8-11H2,(H,31,36)(H2,32,33,34,37)/t17-,20+/m1/s1. The molecule has 3 N–H and O–H groups in total. The van der Waals surface area contributed by atoms with E-state index in [-0.39, 0.29) is 37.2 Å². The Morgan fingerprint density at radius 2 is 1.61 bits per heavy atom. The second-order valence-corrected chi connectivity index (χ2v) is 8.63. The largest absolute Gasteiger partial charge is 0.416 e. The first kappa shape index (κ1) is 27.3. The molecule has 0 bridgehead atoms. The van der Waals surface area contributed by atoms with E-state index in [2.05, 4.69) is 20.5 Å².